The smallest absolute Gasteiger partial charge is 0.254 e. The molecule has 0 atom stereocenters. The van der Waals surface area contributed by atoms with E-state index in [0.29, 0.717) is 23.0 Å². The monoisotopic (exact) mass is 393 g/mol. The van der Waals surface area contributed by atoms with Gasteiger partial charge in [0, 0.05) is 18.5 Å². The molecule has 1 aromatic rings. The van der Waals surface area contributed by atoms with E-state index in [1.54, 1.807) is 12.1 Å². The lowest BCUT2D eigenvalue weighted by molar-refractivity contribution is 0.0440. The molecule has 0 bridgehead atoms. The first kappa shape index (κ1) is 14.9. The van der Waals surface area contributed by atoms with Crippen molar-refractivity contribution in [3.63, 3.8) is 0 Å². The fourth-order valence-electron chi connectivity index (χ4n) is 2.04. The van der Waals surface area contributed by atoms with E-state index < -0.39 is 5.82 Å². The van der Waals surface area contributed by atoms with E-state index in [-0.39, 0.29) is 17.0 Å². The number of hydrogen-bond acceptors (Lipinski definition) is 2. The van der Waals surface area contributed by atoms with Gasteiger partial charge >= 0.3 is 0 Å². The van der Waals surface area contributed by atoms with Crippen molar-refractivity contribution >= 4 is 37.8 Å². The molecule has 1 saturated heterocycles. The fourth-order valence-corrected chi connectivity index (χ4v) is 3.11. The average molecular weight is 395 g/mol. The van der Waals surface area contributed by atoms with Crippen LogP contribution in [-0.2, 0) is 4.74 Å². The molecule has 6 heteroatoms. The first-order valence-corrected chi connectivity index (χ1v) is 7.90. The lowest BCUT2D eigenvalue weighted by Gasteiger charge is -2.36. The Balaban J connectivity index is 2.17. The van der Waals surface area contributed by atoms with Crippen molar-refractivity contribution < 1.29 is 13.9 Å². The topological polar surface area (TPSA) is 38.3 Å². The molecule has 1 amide bonds. The Morgan fingerprint density at radius 2 is 2.11 bits per heavy atom. The molecule has 3 nitrogen and oxygen atoms in total. The van der Waals surface area contributed by atoms with Crippen LogP contribution >= 0.6 is 31.9 Å². The molecule has 1 aliphatic heterocycles. The molecule has 0 aromatic heterocycles. The summed E-state index contributed by atoms with van der Waals surface area (Å²) in [4.78, 5) is 12.2. The number of rotatable bonds is 3. The number of alkyl halides is 1. The van der Waals surface area contributed by atoms with E-state index in [4.69, 9.17) is 4.74 Å². The Hall–Kier alpha value is -0.460. The van der Waals surface area contributed by atoms with Crippen molar-refractivity contribution in [2.75, 3.05) is 18.5 Å². The zero-order valence-corrected chi connectivity index (χ0v) is 13.4. The molecule has 1 aliphatic rings. The Morgan fingerprint density at radius 1 is 1.42 bits per heavy atom. The zero-order valence-electron chi connectivity index (χ0n) is 10.2. The van der Waals surface area contributed by atoms with E-state index in [1.165, 1.54) is 6.07 Å². The number of nitrogens with one attached hydrogen (secondary N) is 1. The molecule has 0 aliphatic carbocycles. The van der Waals surface area contributed by atoms with Gasteiger partial charge < -0.3 is 10.1 Å². The molecule has 1 heterocycles. The van der Waals surface area contributed by atoms with Crippen LogP contribution in [0, 0.1) is 5.82 Å². The largest absolute Gasteiger partial charge is 0.381 e. The van der Waals surface area contributed by atoms with Crippen LogP contribution in [0.25, 0.3) is 0 Å². The SMILES string of the molecule is O=C(NC1(CBr)CCOCC1)c1cccc(Br)c1F. The van der Waals surface area contributed by atoms with Crippen molar-refractivity contribution in [3.8, 4) is 0 Å². The molecule has 1 aromatic carbocycles. The lowest BCUT2D eigenvalue weighted by Crippen LogP contribution is -2.53. The van der Waals surface area contributed by atoms with Crippen molar-refractivity contribution in [2.45, 2.75) is 18.4 Å². The van der Waals surface area contributed by atoms with Gasteiger partial charge in [0.2, 0.25) is 0 Å². The highest BCUT2D eigenvalue weighted by atomic mass is 79.9. The molecule has 0 spiro atoms. The third-order valence-corrected chi connectivity index (χ3v) is 4.97. The van der Waals surface area contributed by atoms with Gasteiger partial charge in [-0.15, -0.1) is 0 Å². The van der Waals surface area contributed by atoms with Gasteiger partial charge in [-0.3, -0.25) is 4.79 Å². The normalized spacial score (nSPS) is 18.1. The summed E-state index contributed by atoms with van der Waals surface area (Å²) in [7, 11) is 0. The van der Waals surface area contributed by atoms with Gasteiger partial charge in [-0.05, 0) is 40.9 Å². The summed E-state index contributed by atoms with van der Waals surface area (Å²) in [5.74, 6) is -0.920. The standard InChI is InChI=1S/C13H14Br2FNO2/c14-8-13(4-6-19-7-5-13)17-12(18)9-2-1-3-10(15)11(9)16/h1-3H,4-8H2,(H,17,18). The number of ether oxygens (including phenoxy) is 1. The highest BCUT2D eigenvalue weighted by molar-refractivity contribution is 9.10. The van der Waals surface area contributed by atoms with Crippen LogP contribution in [0.15, 0.2) is 22.7 Å². The molecule has 19 heavy (non-hydrogen) atoms. The maximum absolute atomic E-state index is 13.9. The van der Waals surface area contributed by atoms with Gasteiger partial charge in [0.15, 0.2) is 0 Å². The summed E-state index contributed by atoms with van der Waals surface area (Å²) in [5.41, 5.74) is -0.300. The maximum atomic E-state index is 13.9. The predicted octanol–water partition coefficient (Wildman–Crippen LogP) is 3.26. The van der Waals surface area contributed by atoms with Gasteiger partial charge in [0.05, 0.1) is 15.6 Å². The third kappa shape index (κ3) is 3.35. The summed E-state index contributed by atoms with van der Waals surface area (Å²) in [5, 5.41) is 3.57. The van der Waals surface area contributed by atoms with E-state index in [2.05, 4.69) is 37.2 Å². The van der Waals surface area contributed by atoms with Crippen LogP contribution in [0.3, 0.4) is 0 Å². The number of carbonyl (C=O) groups is 1. The van der Waals surface area contributed by atoms with Crippen molar-refractivity contribution in [1.82, 2.24) is 5.32 Å². The minimum Gasteiger partial charge on any atom is -0.381 e. The number of benzene rings is 1. The molecule has 0 unspecified atom stereocenters. The third-order valence-electron chi connectivity index (χ3n) is 3.28. The highest BCUT2D eigenvalue weighted by Gasteiger charge is 2.34. The van der Waals surface area contributed by atoms with Crippen LogP contribution in [-0.4, -0.2) is 30.0 Å². The van der Waals surface area contributed by atoms with E-state index in [9.17, 15) is 9.18 Å². The van der Waals surface area contributed by atoms with Gasteiger partial charge in [-0.2, -0.15) is 0 Å². The van der Waals surface area contributed by atoms with Gasteiger partial charge in [0.1, 0.15) is 5.82 Å². The molecule has 104 valence electrons. The summed E-state index contributed by atoms with van der Waals surface area (Å²) in [6, 6.07) is 4.70. The van der Waals surface area contributed by atoms with E-state index in [0.717, 1.165) is 12.8 Å². The van der Waals surface area contributed by atoms with Crippen molar-refractivity contribution in [2.24, 2.45) is 0 Å². The fraction of sp³-hybridized carbons (Fsp3) is 0.462. The number of amides is 1. The first-order chi connectivity index (χ1) is 9.08. The average Bonchev–Trinajstić information content (AvgIpc) is 2.42. The number of hydrogen-bond donors (Lipinski definition) is 1. The van der Waals surface area contributed by atoms with Crippen LogP contribution in [0.1, 0.15) is 23.2 Å². The zero-order chi connectivity index (χ0) is 13.9. The predicted molar refractivity (Wildman–Crippen MR) is 78.1 cm³/mol. The highest BCUT2D eigenvalue weighted by Crippen LogP contribution is 2.25. The summed E-state index contributed by atoms with van der Waals surface area (Å²) in [6.45, 7) is 1.21. The van der Waals surface area contributed by atoms with Crippen LogP contribution in [0.5, 0.6) is 0 Å². The minimum atomic E-state index is -0.531. The second kappa shape index (κ2) is 6.33. The molecule has 2 rings (SSSR count). The second-order valence-corrected chi connectivity index (χ2v) is 6.00. The van der Waals surface area contributed by atoms with E-state index >= 15 is 0 Å². The molecule has 0 radical (unpaired) electrons. The van der Waals surface area contributed by atoms with Crippen LogP contribution in [0.4, 0.5) is 4.39 Å². The molecular weight excluding hydrogens is 381 g/mol. The van der Waals surface area contributed by atoms with Crippen molar-refractivity contribution in [1.29, 1.82) is 0 Å². The molecule has 1 fully saturated rings. The van der Waals surface area contributed by atoms with Gasteiger partial charge in [-0.1, -0.05) is 22.0 Å². The number of carbonyl (C=O) groups excluding carboxylic acids is 1. The molecular formula is C13H14Br2FNO2. The van der Waals surface area contributed by atoms with Crippen molar-refractivity contribution in [3.05, 3.63) is 34.1 Å². The minimum absolute atomic E-state index is 0.0567. The Morgan fingerprint density at radius 3 is 2.74 bits per heavy atom. The molecule has 0 saturated carbocycles. The van der Waals surface area contributed by atoms with Crippen LogP contribution in [0.2, 0.25) is 0 Å². The molecule has 1 N–H and O–H groups in total. The Kier molecular flexibility index (Phi) is 4.97. The number of halogens is 3. The van der Waals surface area contributed by atoms with Crippen LogP contribution < -0.4 is 5.32 Å². The summed E-state index contributed by atoms with van der Waals surface area (Å²) >= 11 is 6.51. The van der Waals surface area contributed by atoms with Gasteiger partial charge in [-0.25, -0.2) is 4.39 Å². The quantitative estimate of drug-likeness (QED) is 0.799. The lowest BCUT2D eigenvalue weighted by atomic mass is 9.92. The second-order valence-electron chi connectivity index (χ2n) is 4.58. The summed E-state index contributed by atoms with van der Waals surface area (Å²) < 4.78 is 19.5. The Labute approximate surface area is 128 Å². The maximum Gasteiger partial charge on any atom is 0.254 e. The van der Waals surface area contributed by atoms with Gasteiger partial charge in [0.25, 0.3) is 5.91 Å². The Bertz CT molecular complexity index is 476. The van der Waals surface area contributed by atoms with E-state index in [1.807, 2.05) is 0 Å². The first-order valence-electron chi connectivity index (χ1n) is 5.98. The summed E-state index contributed by atoms with van der Waals surface area (Å²) in [6.07, 6.45) is 1.44.